The molecule has 0 radical (unpaired) electrons. The molecule has 1 heterocycles. The van der Waals surface area contributed by atoms with E-state index in [-0.39, 0.29) is 0 Å². The second-order valence-electron chi connectivity index (χ2n) is 12.9. The molecular formula is C48H31NS. The van der Waals surface area contributed by atoms with E-state index in [1.54, 1.807) is 0 Å². The fourth-order valence-corrected chi connectivity index (χ4v) is 8.89. The van der Waals surface area contributed by atoms with Gasteiger partial charge in [0.15, 0.2) is 0 Å². The maximum absolute atomic E-state index is 2.42. The lowest BCUT2D eigenvalue weighted by atomic mass is 9.93. The molecule has 0 aliphatic rings. The number of hydrogen-bond acceptors (Lipinski definition) is 2. The van der Waals surface area contributed by atoms with Crippen LogP contribution in [0.5, 0.6) is 0 Å². The van der Waals surface area contributed by atoms with Gasteiger partial charge in [0.2, 0.25) is 0 Å². The summed E-state index contributed by atoms with van der Waals surface area (Å²) in [4.78, 5) is 2.42. The van der Waals surface area contributed by atoms with Crippen molar-refractivity contribution in [2.45, 2.75) is 0 Å². The van der Waals surface area contributed by atoms with Crippen LogP contribution in [-0.2, 0) is 0 Å². The van der Waals surface area contributed by atoms with Crippen LogP contribution in [0, 0.1) is 0 Å². The molecule has 0 atom stereocenters. The average Bonchev–Trinajstić information content (AvgIpc) is 3.58. The third-order valence-corrected chi connectivity index (χ3v) is 11.3. The minimum atomic E-state index is 1.13. The lowest BCUT2D eigenvalue weighted by molar-refractivity contribution is 1.30. The molecule has 0 spiro atoms. The van der Waals surface area contributed by atoms with Gasteiger partial charge in [-0.3, -0.25) is 0 Å². The number of nitrogens with zero attached hydrogens (tertiary/aromatic N) is 1. The fraction of sp³-hybridized carbons (Fsp3) is 0. The van der Waals surface area contributed by atoms with Gasteiger partial charge < -0.3 is 4.90 Å². The smallest absolute Gasteiger partial charge is 0.0640 e. The predicted octanol–water partition coefficient (Wildman–Crippen LogP) is 14.3. The van der Waals surface area contributed by atoms with Gasteiger partial charge in [0.25, 0.3) is 0 Å². The molecule has 0 N–H and O–H groups in total. The van der Waals surface area contributed by atoms with Crippen molar-refractivity contribution in [3.63, 3.8) is 0 Å². The van der Waals surface area contributed by atoms with Crippen molar-refractivity contribution < 1.29 is 0 Å². The van der Waals surface area contributed by atoms with E-state index >= 15 is 0 Å². The van der Waals surface area contributed by atoms with E-state index in [9.17, 15) is 0 Å². The third kappa shape index (κ3) is 4.69. The summed E-state index contributed by atoms with van der Waals surface area (Å²) in [5, 5.41) is 10.2. The van der Waals surface area contributed by atoms with Crippen LogP contribution < -0.4 is 4.90 Å². The minimum Gasteiger partial charge on any atom is -0.309 e. The van der Waals surface area contributed by atoms with Crippen molar-refractivity contribution in [3.05, 3.63) is 188 Å². The van der Waals surface area contributed by atoms with Crippen LogP contribution in [0.2, 0.25) is 0 Å². The second-order valence-corrected chi connectivity index (χ2v) is 14.0. The summed E-state index contributed by atoms with van der Waals surface area (Å²) in [5.74, 6) is 0. The summed E-state index contributed by atoms with van der Waals surface area (Å²) >= 11 is 1.87. The van der Waals surface area contributed by atoms with E-state index in [4.69, 9.17) is 0 Å². The Morgan fingerprint density at radius 3 is 1.64 bits per heavy atom. The highest BCUT2D eigenvalue weighted by Crippen LogP contribution is 2.45. The maximum atomic E-state index is 2.42. The second kappa shape index (κ2) is 11.7. The van der Waals surface area contributed by atoms with Crippen LogP contribution in [0.1, 0.15) is 0 Å². The Labute approximate surface area is 294 Å². The number of fused-ring (bicyclic) bond motifs is 7. The topological polar surface area (TPSA) is 3.24 Å². The van der Waals surface area contributed by atoms with E-state index in [1.165, 1.54) is 80.4 Å². The molecule has 1 aromatic heterocycles. The van der Waals surface area contributed by atoms with E-state index in [2.05, 4.69) is 193 Å². The number of benzene rings is 9. The number of anilines is 3. The zero-order valence-electron chi connectivity index (χ0n) is 27.3. The van der Waals surface area contributed by atoms with Crippen LogP contribution in [0.4, 0.5) is 17.1 Å². The molecule has 2 heteroatoms. The number of rotatable bonds is 5. The first kappa shape index (κ1) is 28.8. The summed E-state index contributed by atoms with van der Waals surface area (Å²) in [5.41, 5.74) is 8.37. The van der Waals surface area contributed by atoms with Gasteiger partial charge in [0, 0.05) is 26.8 Å². The predicted molar refractivity (Wildman–Crippen MR) is 217 cm³/mol. The number of hydrogen-bond donors (Lipinski definition) is 0. The minimum absolute atomic E-state index is 1.13. The highest BCUT2D eigenvalue weighted by Gasteiger charge is 2.19. The van der Waals surface area contributed by atoms with Crippen LogP contribution in [0.3, 0.4) is 0 Å². The lowest BCUT2D eigenvalue weighted by Gasteiger charge is -2.26. The van der Waals surface area contributed by atoms with Crippen LogP contribution >= 0.6 is 11.3 Å². The lowest BCUT2D eigenvalue weighted by Crippen LogP contribution is -2.10. The highest BCUT2D eigenvalue weighted by atomic mass is 32.1. The maximum Gasteiger partial charge on any atom is 0.0640 e. The molecule has 0 bridgehead atoms. The van der Waals surface area contributed by atoms with Crippen molar-refractivity contribution in [1.29, 1.82) is 0 Å². The first-order valence-corrected chi connectivity index (χ1v) is 17.9. The molecule has 0 aliphatic heterocycles. The molecule has 1 nitrogen and oxygen atoms in total. The van der Waals surface area contributed by atoms with Gasteiger partial charge in [-0.25, -0.2) is 0 Å². The Morgan fingerprint density at radius 2 is 0.880 bits per heavy atom. The van der Waals surface area contributed by atoms with Gasteiger partial charge in [-0.15, -0.1) is 11.3 Å². The summed E-state index contributed by atoms with van der Waals surface area (Å²) in [7, 11) is 0. The summed E-state index contributed by atoms with van der Waals surface area (Å²) in [6.45, 7) is 0. The molecular weight excluding hydrogens is 623 g/mol. The molecule has 0 fully saturated rings. The Hall–Kier alpha value is -6.22. The zero-order valence-corrected chi connectivity index (χ0v) is 28.1. The van der Waals surface area contributed by atoms with Crippen LogP contribution in [0.15, 0.2) is 188 Å². The molecule has 0 unspecified atom stereocenters. The summed E-state index contributed by atoms with van der Waals surface area (Å²) in [6.07, 6.45) is 0. The highest BCUT2D eigenvalue weighted by molar-refractivity contribution is 7.26. The molecule has 9 aromatic carbocycles. The molecule has 0 amide bonds. The fourth-order valence-electron chi connectivity index (χ4n) is 7.69. The van der Waals surface area contributed by atoms with Gasteiger partial charge in [-0.05, 0) is 97.0 Å². The average molecular weight is 654 g/mol. The molecule has 10 rings (SSSR count). The van der Waals surface area contributed by atoms with Gasteiger partial charge in [-0.2, -0.15) is 0 Å². The van der Waals surface area contributed by atoms with Gasteiger partial charge in [0.1, 0.15) is 0 Å². The third-order valence-electron chi connectivity index (χ3n) is 10.1. The van der Waals surface area contributed by atoms with E-state index < -0.39 is 0 Å². The molecule has 0 aliphatic carbocycles. The van der Waals surface area contributed by atoms with Crippen molar-refractivity contribution in [3.8, 4) is 22.3 Å². The monoisotopic (exact) mass is 653 g/mol. The molecule has 10 aromatic rings. The van der Waals surface area contributed by atoms with Crippen molar-refractivity contribution >= 4 is 80.9 Å². The number of thiophene rings is 1. The van der Waals surface area contributed by atoms with Gasteiger partial charge in [-0.1, -0.05) is 146 Å². The zero-order chi connectivity index (χ0) is 33.0. The molecule has 0 saturated carbocycles. The molecule has 0 saturated heterocycles. The quantitative estimate of drug-likeness (QED) is 0.167. The Balaban J connectivity index is 1.13. The van der Waals surface area contributed by atoms with Gasteiger partial charge >= 0.3 is 0 Å². The first-order chi connectivity index (χ1) is 24.8. The first-order valence-electron chi connectivity index (χ1n) is 17.1. The Morgan fingerprint density at radius 1 is 0.340 bits per heavy atom. The summed E-state index contributed by atoms with van der Waals surface area (Å²) in [6, 6.07) is 68.7. The van der Waals surface area contributed by atoms with Crippen LogP contribution in [0.25, 0.3) is 74.7 Å². The van der Waals surface area contributed by atoms with E-state index in [1.807, 2.05) is 11.3 Å². The largest absolute Gasteiger partial charge is 0.309 e. The Kier molecular flexibility index (Phi) is 6.75. The SMILES string of the molecule is c1ccc2c(-c3ccc(N(c4ccc(-c5cc6ccccc6c6ccccc56)cc4)c4cccc5c4sc4ccccc45)cc3)cccc2c1. The van der Waals surface area contributed by atoms with E-state index in [0.29, 0.717) is 0 Å². The molecule has 50 heavy (non-hydrogen) atoms. The van der Waals surface area contributed by atoms with Crippen molar-refractivity contribution in [1.82, 2.24) is 0 Å². The van der Waals surface area contributed by atoms with E-state index in [0.717, 1.165) is 11.4 Å². The van der Waals surface area contributed by atoms with Crippen LogP contribution in [-0.4, -0.2) is 0 Å². The molecule has 234 valence electrons. The standard InChI is InChI=1S/C48H31NS/c1-3-14-38-32(11-1)13-9-19-39(38)33-23-27-36(28-24-33)49(46-21-10-20-44-43-18-7-8-22-47(43)50-48(44)46)37-29-25-34(26-30-37)45-31-35-12-2-4-15-40(35)41-16-5-6-17-42(41)45/h1-31H. The Bertz CT molecular complexity index is 2860. The van der Waals surface area contributed by atoms with Crippen molar-refractivity contribution in [2.24, 2.45) is 0 Å². The van der Waals surface area contributed by atoms with Gasteiger partial charge in [0.05, 0.1) is 10.4 Å². The van der Waals surface area contributed by atoms with Crippen molar-refractivity contribution in [2.75, 3.05) is 4.90 Å². The summed E-state index contributed by atoms with van der Waals surface area (Å²) < 4.78 is 2.59. The normalized spacial score (nSPS) is 11.6.